The Morgan fingerprint density at radius 3 is 2.69 bits per heavy atom. The van der Waals surface area contributed by atoms with E-state index < -0.39 is 0 Å². The number of nitrogens with one attached hydrogen (secondary N) is 1. The highest BCUT2D eigenvalue weighted by Crippen LogP contribution is 2.42. The summed E-state index contributed by atoms with van der Waals surface area (Å²) in [5, 5.41) is 3.58. The molecule has 0 aromatic carbocycles. The van der Waals surface area contributed by atoms with E-state index >= 15 is 0 Å². The fraction of sp³-hybridized carbons (Fsp3) is 0.833. The second-order valence-electron chi connectivity index (χ2n) is 5.09. The van der Waals surface area contributed by atoms with Crippen LogP contribution in [0.15, 0.2) is 12.2 Å². The van der Waals surface area contributed by atoms with Crippen LogP contribution in [-0.2, 0) is 0 Å². The molecule has 2 bridgehead atoms. The summed E-state index contributed by atoms with van der Waals surface area (Å²) in [5.74, 6) is 3.56. The highest BCUT2D eigenvalue weighted by atomic mass is 14.9. The molecular formula is C12H21N. The predicted molar refractivity (Wildman–Crippen MR) is 56.6 cm³/mol. The summed E-state index contributed by atoms with van der Waals surface area (Å²) in [6, 6.07) is 0. The maximum atomic E-state index is 3.58. The van der Waals surface area contributed by atoms with Crippen molar-refractivity contribution < 1.29 is 0 Å². The third kappa shape index (κ3) is 2.14. The van der Waals surface area contributed by atoms with Gasteiger partial charge in [-0.1, -0.05) is 26.0 Å². The Morgan fingerprint density at radius 2 is 2.15 bits per heavy atom. The van der Waals surface area contributed by atoms with Crippen molar-refractivity contribution in [3.8, 4) is 0 Å². The standard InChI is InChI=1S/C12H21N/c1-9(2)7-13-8-12-6-10-3-4-11(12)5-10/h3-4,9-13H,5-8H2,1-2H3/t10-,11-,12-/m0/s1. The molecule has 74 valence electrons. The topological polar surface area (TPSA) is 12.0 Å². The van der Waals surface area contributed by atoms with Crippen LogP contribution in [-0.4, -0.2) is 13.1 Å². The van der Waals surface area contributed by atoms with E-state index in [4.69, 9.17) is 0 Å². The number of rotatable bonds is 4. The lowest BCUT2D eigenvalue weighted by molar-refractivity contribution is 0.400. The number of hydrogen-bond acceptors (Lipinski definition) is 1. The van der Waals surface area contributed by atoms with Gasteiger partial charge in [0.25, 0.3) is 0 Å². The smallest absolute Gasteiger partial charge is 0.00146 e. The maximum Gasteiger partial charge on any atom is -0.00146 e. The summed E-state index contributed by atoms with van der Waals surface area (Å²) in [6.07, 6.45) is 7.74. The van der Waals surface area contributed by atoms with Crippen molar-refractivity contribution >= 4 is 0 Å². The Bertz CT molecular complexity index is 195. The van der Waals surface area contributed by atoms with Crippen molar-refractivity contribution in [1.29, 1.82) is 0 Å². The molecule has 1 fully saturated rings. The van der Waals surface area contributed by atoms with Gasteiger partial charge < -0.3 is 5.32 Å². The number of hydrogen-bond donors (Lipinski definition) is 1. The van der Waals surface area contributed by atoms with E-state index in [1.807, 2.05) is 0 Å². The first-order valence-corrected chi connectivity index (χ1v) is 5.64. The molecule has 1 nitrogen and oxygen atoms in total. The minimum Gasteiger partial charge on any atom is -0.316 e. The fourth-order valence-corrected chi connectivity index (χ4v) is 2.69. The van der Waals surface area contributed by atoms with Crippen molar-refractivity contribution in [2.24, 2.45) is 23.7 Å². The quantitative estimate of drug-likeness (QED) is 0.654. The van der Waals surface area contributed by atoms with Crippen LogP contribution in [0.5, 0.6) is 0 Å². The highest BCUT2D eigenvalue weighted by molar-refractivity contribution is 5.10. The van der Waals surface area contributed by atoms with Gasteiger partial charge in [0.05, 0.1) is 0 Å². The Kier molecular flexibility index (Phi) is 2.73. The third-order valence-electron chi connectivity index (χ3n) is 3.38. The van der Waals surface area contributed by atoms with E-state index in [9.17, 15) is 0 Å². The van der Waals surface area contributed by atoms with Crippen LogP contribution in [0.4, 0.5) is 0 Å². The molecule has 0 amide bonds. The summed E-state index contributed by atoms with van der Waals surface area (Å²) in [7, 11) is 0. The Balaban J connectivity index is 1.69. The molecule has 1 N–H and O–H groups in total. The minimum absolute atomic E-state index is 0.786. The zero-order valence-corrected chi connectivity index (χ0v) is 8.79. The van der Waals surface area contributed by atoms with Gasteiger partial charge in [-0.25, -0.2) is 0 Å². The summed E-state index contributed by atoms with van der Waals surface area (Å²) in [5.41, 5.74) is 0. The maximum absolute atomic E-state index is 3.58. The van der Waals surface area contributed by atoms with E-state index in [1.165, 1.54) is 25.9 Å². The van der Waals surface area contributed by atoms with Gasteiger partial charge in [0.2, 0.25) is 0 Å². The lowest BCUT2D eigenvalue weighted by Gasteiger charge is -2.19. The molecule has 0 aromatic rings. The van der Waals surface area contributed by atoms with Crippen LogP contribution < -0.4 is 5.32 Å². The SMILES string of the molecule is CC(C)CNC[C@@H]1C[C@H]2C=C[C@H]1C2. The van der Waals surface area contributed by atoms with Crippen molar-refractivity contribution in [1.82, 2.24) is 5.32 Å². The normalized spacial score (nSPS) is 36.4. The second kappa shape index (κ2) is 3.83. The molecular weight excluding hydrogens is 158 g/mol. The van der Waals surface area contributed by atoms with Gasteiger partial charge in [-0.2, -0.15) is 0 Å². The zero-order valence-electron chi connectivity index (χ0n) is 8.79. The molecule has 0 aliphatic heterocycles. The molecule has 0 radical (unpaired) electrons. The van der Waals surface area contributed by atoms with Crippen molar-refractivity contribution in [3.63, 3.8) is 0 Å². The van der Waals surface area contributed by atoms with E-state index in [0.29, 0.717) is 0 Å². The lowest BCUT2D eigenvalue weighted by Crippen LogP contribution is -2.28. The molecule has 2 aliphatic rings. The molecule has 2 rings (SSSR count). The summed E-state index contributed by atoms with van der Waals surface area (Å²) in [6.45, 7) is 6.96. The predicted octanol–water partition coefficient (Wildman–Crippen LogP) is 2.44. The van der Waals surface area contributed by atoms with Crippen molar-refractivity contribution in [2.45, 2.75) is 26.7 Å². The minimum atomic E-state index is 0.786. The van der Waals surface area contributed by atoms with Crippen LogP contribution in [0, 0.1) is 23.7 Å². The van der Waals surface area contributed by atoms with Crippen molar-refractivity contribution in [3.05, 3.63) is 12.2 Å². The van der Waals surface area contributed by atoms with Crippen LogP contribution >= 0.6 is 0 Å². The van der Waals surface area contributed by atoms with Crippen LogP contribution in [0.1, 0.15) is 26.7 Å². The second-order valence-corrected chi connectivity index (χ2v) is 5.09. The fourth-order valence-electron chi connectivity index (χ4n) is 2.69. The van der Waals surface area contributed by atoms with E-state index in [-0.39, 0.29) is 0 Å². The first kappa shape index (κ1) is 9.26. The van der Waals surface area contributed by atoms with Crippen LogP contribution in [0.2, 0.25) is 0 Å². The molecule has 3 atom stereocenters. The monoisotopic (exact) mass is 179 g/mol. The van der Waals surface area contributed by atoms with E-state index in [2.05, 4.69) is 31.3 Å². The lowest BCUT2D eigenvalue weighted by atomic mass is 9.93. The molecule has 0 aromatic heterocycles. The molecule has 2 aliphatic carbocycles. The zero-order chi connectivity index (χ0) is 9.26. The van der Waals surface area contributed by atoms with Gasteiger partial charge in [-0.05, 0) is 49.6 Å². The molecule has 1 saturated carbocycles. The number of fused-ring (bicyclic) bond motifs is 2. The van der Waals surface area contributed by atoms with Gasteiger partial charge in [0.15, 0.2) is 0 Å². The molecule has 13 heavy (non-hydrogen) atoms. The van der Waals surface area contributed by atoms with Gasteiger partial charge >= 0.3 is 0 Å². The number of allylic oxidation sites excluding steroid dienone is 2. The average Bonchev–Trinajstić information content (AvgIpc) is 2.64. The largest absolute Gasteiger partial charge is 0.316 e. The molecule has 0 saturated heterocycles. The molecule has 1 heteroatoms. The van der Waals surface area contributed by atoms with Crippen LogP contribution in [0.25, 0.3) is 0 Å². The molecule has 0 spiro atoms. The first-order chi connectivity index (χ1) is 6.25. The molecule has 0 unspecified atom stereocenters. The van der Waals surface area contributed by atoms with E-state index in [0.717, 1.165) is 23.7 Å². The van der Waals surface area contributed by atoms with Crippen molar-refractivity contribution in [2.75, 3.05) is 13.1 Å². The summed E-state index contributed by atoms with van der Waals surface area (Å²) >= 11 is 0. The highest BCUT2D eigenvalue weighted by Gasteiger charge is 2.34. The van der Waals surface area contributed by atoms with Gasteiger partial charge in [0, 0.05) is 0 Å². The Morgan fingerprint density at radius 1 is 1.31 bits per heavy atom. The molecule has 0 heterocycles. The third-order valence-corrected chi connectivity index (χ3v) is 3.38. The Hall–Kier alpha value is -0.300. The average molecular weight is 179 g/mol. The van der Waals surface area contributed by atoms with Gasteiger partial charge in [0.1, 0.15) is 0 Å². The summed E-state index contributed by atoms with van der Waals surface area (Å²) < 4.78 is 0. The van der Waals surface area contributed by atoms with E-state index in [1.54, 1.807) is 0 Å². The summed E-state index contributed by atoms with van der Waals surface area (Å²) in [4.78, 5) is 0. The van der Waals surface area contributed by atoms with Crippen LogP contribution in [0.3, 0.4) is 0 Å². The van der Waals surface area contributed by atoms with Gasteiger partial charge in [-0.3, -0.25) is 0 Å². The first-order valence-electron chi connectivity index (χ1n) is 5.64. The Labute approximate surface area is 81.6 Å². The van der Waals surface area contributed by atoms with Gasteiger partial charge in [-0.15, -0.1) is 0 Å².